The van der Waals surface area contributed by atoms with Gasteiger partial charge in [0.25, 0.3) is 0 Å². The highest BCUT2D eigenvalue weighted by molar-refractivity contribution is 5.35. The molecule has 2 atom stereocenters. The third-order valence-corrected chi connectivity index (χ3v) is 2.89. The van der Waals surface area contributed by atoms with Crippen molar-refractivity contribution in [2.75, 3.05) is 7.11 Å². The van der Waals surface area contributed by atoms with Crippen molar-refractivity contribution in [3.8, 4) is 5.75 Å². The van der Waals surface area contributed by atoms with Gasteiger partial charge in [-0.05, 0) is 43.5 Å². The van der Waals surface area contributed by atoms with E-state index in [0.29, 0.717) is 0 Å². The van der Waals surface area contributed by atoms with E-state index >= 15 is 0 Å². The van der Waals surface area contributed by atoms with Crippen molar-refractivity contribution in [1.29, 1.82) is 0 Å². The van der Waals surface area contributed by atoms with Gasteiger partial charge in [-0.15, -0.1) is 0 Å². The normalized spacial score (nSPS) is 21.7. The van der Waals surface area contributed by atoms with Crippen LogP contribution in [0.2, 0.25) is 0 Å². The van der Waals surface area contributed by atoms with Gasteiger partial charge in [-0.3, -0.25) is 0 Å². The second-order valence-corrected chi connectivity index (χ2v) is 3.89. The Labute approximate surface area is 89.0 Å². The van der Waals surface area contributed by atoms with Gasteiger partial charge >= 0.3 is 0 Å². The van der Waals surface area contributed by atoms with E-state index in [9.17, 15) is 4.39 Å². The fourth-order valence-electron chi connectivity index (χ4n) is 1.86. The van der Waals surface area contributed by atoms with Crippen LogP contribution in [0.1, 0.15) is 18.9 Å². The van der Waals surface area contributed by atoms with E-state index < -0.39 is 0 Å². The summed E-state index contributed by atoms with van der Waals surface area (Å²) >= 11 is 0. The molecule has 1 aromatic carbocycles. The molecule has 3 heteroatoms. The minimum Gasteiger partial charge on any atom is -0.487 e. The first-order valence-electron chi connectivity index (χ1n) is 5.18. The van der Waals surface area contributed by atoms with E-state index in [1.165, 1.54) is 6.07 Å². The Morgan fingerprint density at radius 2 is 2.33 bits per heavy atom. The summed E-state index contributed by atoms with van der Waals surface area (Å²) in [4.78, 5) is 0. The maximum Gasteiger partial charge on any atom is 0.125 e. The Hall–Kier alpha value is -1.09. The Balaban J connectivity index is 2.16. The number of rotatable bonds is 2. The number of fused-ring (bicyclic) bond motifs is 1. The number of halogens is 1. The van der Waals surface area contributed by atoms with Gasteiger partial charge in [-0.1, -0.05) is 0 Å². The second-order valence-electron chi connectivity index (χ2n) is 3.89. The van der Waals surface area contributed by atoms with E-state index in [1.807, 2.05) is 6.92 Å². The molecular weight excluding hydrogens is 195 g/mol. The molecule has 0 spiro atoms. The first kappa shape index (κ1) is 10.4. The summed E-state index contributed by atoms with van der Waals surface area (Å²) in [5.41, 5.74) is 0.953. The molecule has 0 aliphatic carbocycles. The van der Waals surface area contributed by atoms with Gasteiger partial charge in [0.2, 0.25) is 0 Å². The van der Waals surface area contributed by atoms with Crippen molar-refractivity contribution >= 4 is 0 Å². The number of aryl methyl sites for hydroxylation is 1. The Kier molecular flexibility index (Phi) is 2.91. The molecule has 15 heavy (non-hydrogen) atoms. The molecule has 0 N–H and O–H groups in total. The zero-order chi connectivity index (χ0) is 10.8. The summed E-state index contributed by atoms with van der Waals surface area (Å²) < 4.78 is 23.9. The Morgan fingerprint density at radius 1 is 1.53 bits per heavy atom. The van der Waals surface area contributed by atoms with E-state index in [1.54, 1.807) is 19.2 Å². The van der Waals surface area contributed by atoms with Crippen molar-refractivity contribution in [3.05, 3.63) is 29.6 Å². The van der Waals surface area contributed by atoms with Crippen LogP contribution in [-0.4, -0.2) is 19.3 Å². The van der Waals surface area contributed by atoms with E-state index in [0.717, 1.165) is 24.2 Å². The smallest absolute Gasteiger partial charge is 0.125 e. The molecule has 0 radical (unpaired) electrons. The molecule has 0 aromatic heterocycles. The average molecular weight is 210 g/mol. The molecule has 1 aromatic rings. The van der Waals surface area contributed by atoms with Gasteiger partial charge in [-0.25, -0.2) is 4.39 Å². The lowest BCUT2D eigenvalue weighted by atomic mass is 9.99. The standard InChI is InChI=1S/C12H15FO2/c1-8(14-2)11-5-3-9-7-10(13)4-6-12(9)15-11/h4,6-8,11H,3,5H2,1-2H3/t8?,11-/m1/s1. The van der Waals surface area contributed by atoms with Gasteiger partial charge in [0, 0.05) is 7.11 Å². The van der Waals surface area contributed by atoms with Crippen molar-refractivity contribution in [2.24, 2.45) is 0 Å². The fourth-order valence-corrected chi connectivity index (χ4v) is 1.86. The molecule has 0 amide bonds. The van der Waals surface area contributed by atoms with Crippen LogP contribution < -0.4 is 4.74 Å². The molecule has 1 unspecified atom stereocenters. The lowest BCUT2D eigenvalue weighted by Gasteiger charge is -2.29. The van der Waals surface area contributed by atoms with E-state index in [4.69, 9.17) is 9.47 Å². The van der Waals surface area contributed by atoms with Gasteiger partial charge < -0.3 is 9.47 Å². The van der Waals surface area contributed by atoms with E-state index in [2.05, 4.69) is 0 Å². The maximum atomic E-state index is 12.9. The first-order chi connectivity index (χ1) is 7.20. The van der Waals surface area contributed by atoms with Crippen molar-refractivity contribution in [2.45, 2.75) is 32.0 Å². The minimum atomic E-state index is -0.199. The lowest BCUT2D eigenvalue weighted by molar-refractivity contribution is 0.00397. The molecular formula is C12H15FO2. The Bertz CT molecular complexity index is 351. The largest absolute Gasteiger partial charge is 0.487 e. The van der Waals surface area contributed by atoms with Gasteiger partial charge in [-0.2, -0.15) is 0 Å². The van der Waals surface area contributed by atoms with Crippen LogP contribution in [0.25, 0.3) is 0 Å². The van der Waals surface area contributed by atoms with E-state index in [-0.39, 0.29) is 18.0 Å². The molecule has 1 aliphatic heterocycles. The summed E-state index contributed by atoms with van der Waals surface area (Å²) in [6.07, 6.45) is 1.88. The van der Waals surface area contributed by atoms with Crippen molar-refractivity contribution in [3.63, 3.8) is 0 Å². The summed E-state index contributed by atoms with van der Waals surface area (Å²) in [6.45, 7) is 1.99. The zero-order valence-corrected chi connectivity index (χ0v) is 9.00. The van der Waals surface area contributed by atoms with Crippen LogP contribution in [0.3, 0.4) is 0 Å². The third-order valence-electron chi connectivity index (χ3n) is 2.89. The quantitative estimate of drug-likeness (QED) is 0.746. The van der Waals surface area contributed by atoms with Gasteiger partial charge in [0.15, 0.2) is 0 Å². The summed E-state index contributed by atoms with van der Waals surface area (Å²) in [6, 6.07) is 4.67. The number of ether oxygens (including phenoxy) is 2. The number of methoxy groups -OCH3 is 1. The highest BCUT2D eigenvalue weighted by Gasteiger charge is 2.24. The lowest BCUT2D eigenvalue weighted by Crippen LogP contribution is -2.34. The predicted octanol–water partition coefficient (Wildman–Crippen LogP) is 2.55. The monoisotopic (exact) mass is 210 g/mol. The summed E-state index contributed by atoms with van der Waals surface area (Å²) in [5.74, 6) is 0.590. The van der Waals surface area contributed by atoms with Gasteiger partial charge in [0.05, 0.1) is 6.10 Å². The highest BCUT2D eigenvalue weighted by atomic mass is 19.1. The molecule has 82 valence electrons. The average Bonchev–Trinajstić information content (AvgIpc) is 2.27. The van der Waals surface area contributed by atoms with Crippen LogP contribution in [0, 0.1) is 5.82 Å². The predicted molar refractivity (Wildman–Crippen MR) is 55.6 cm³/mol. The Morgan fingerprint density at radius 3 is 3.07 bits per heavy atom. The minimum absolute atomic E-state index is 0.0724. The van der Waals surface area contributed by atoms with Crippen LogP contribution in [0.5, 0.6) is 5.75 Å². The SMILES string of the molecule is COC(C)[C@H]1CCc2cc(F)ccc2O1. The number of hydrogen-bond acceptors (Lipinski definition) is 2. The molecule has 2 rings (SSSR count). The van der Waals surface area contributed by atoms with Crippen LogP contribution in [-0.2, 0) is 11.2 Å². The van der Waals surface area contributed by atoms with Crippen LogP contribution in [0.4, 0.5) is 4.39 Å². The topological polar surface area (TPSA) is 18.5 Å². The number of hydrogen-bond donors (Lipinski definition) is 0. The summed E-state index contributed by atoms with van der Waals surface area (Å²) in [5, 5.41) is 0. The fraction of sp³-hybridized carbons (Fsp3) is 0.500. The van der Waals surface area contributed by atoms with Gasteiger partial charge in [0.1, 0.15) is 17.7 Å². The van der Waals surface area contributed by atoms with Crippen molar-refractivity contribution in [1.82, 2.24) is 0 Å². The van der Waals surface area contributed by atoms with Crippen LogP contribution in [0.15, 0.2) is 18.2 Å². The summed E-state index contributed by atoms with van der Waals surface area (Å²) in [7, 11) is 1.67. The second kappa shape index (κ2) is 4.19. The third kappa shape index (κ3) is 2.12. The molecule has 1 aliphatic rings. The molecule has 0 bridgehead atoms. The molecule has 1 heterocycles. The first-order valence-corrected chi connectivity index (χ1v) is 5.18. The molecule has 2 nitrogen and oxygen atoms in total. The number of benzene rings is 1. The molecule has 0 saturated heterocycles. The zero-order valence-electron chi connectivity index (χ0n) is 9.00. The van der Waals surface area contributed by atoms with Crippen molar-refractivity contribution < 1.29 is 13.9 Å². The van der Waals surface area contributed by atoms with Crippen LogP contribution >= 0.6 is 0 Å². The maximum absolute atomic E-state index is 12.9. The molecule has 0 fully saturated rings. The molecule has 0 saturated carbocycles. The highest BCUT2D eigenvalue weighted by Crippen LogP contribution is 2.29.